The number of rotatable bonds is 6. The van der Waals surface area contributed by atoms with Gasteiger partial charge in [-0.25, -0.2) is 14.6 Å². The quantitative estimate of drug-likeness (QED) is 0.719. The minimum absolute atomic E-state index is 0.0198. The number of hydrogen-bond donors (Lipinski definition) is 2. The molecule has 2 aromatic rings. The molecule has 2 N–H and O–H groups in total. The summed E-state index contributed by atoms with van der Waals surface area (Å²) in [5.41, 5.74) is -0.683. The van der Waals surface area contributed by atoms with E-state index < -0.39 is 30.0 Å². The van der Waals surface area contributed by atoms with Crippen LogP contribution in [0, 0.1) is 6.92 Å². The largest absolute Gasteiger partial charge is 0.462 e. The van der Waals surface area contributed by atoms with E-state index >= 15 is 0 Å². The Morgan fingerprint density at radius 1 is 1.33 bits per heavy atom. The lowest BCUT2D eigenvalue weighted by molar-refractivity contribution is -0.120. The molecule has 2 rings (SSSR count). The zero-order valence-corrected chi connectivity index (χ0v) is 15.6. The zero-order valence-electron chi connectivity index (χ0n) is 15.6. The van der Waals surface area contributed by atoms with Gasteiger partial charge in [0, 0.05) is 6.04 Å². The molecule has 0 fully saturated rings. The molecule has 0 aromatic carbocycles. The maximum absolute atomic E-state index is 12.7. The number of carbonyl (C=O) groups excluding carboxylic acids is 3. The van der Waals surface area contributed by atoms with E-state index in [-0.39, 0.29) is 35.1 Å². The number of fused-ring (bicyclic) bond motifs is 1. The molecule has 3 amide bonds. The number of ether oxygens (including phenoxy) is 1. The van der Waals surface area contributed by atoms with Crippen LogP contribution in [0.25, 0.3) is 11.1 Å². The van der Waals surface area contributed by atoms with Crippen molar-refractivity contribution in [1.82, 2.24) is 20.2 Å². The summed E-state index contributed by atoms with van der Waals surface area (Å²) in [7, 11) is 0. The van der Waals surface area contributed by atoms with Crippen LogP contribution in [0.2, 0.25) is 0 Å². The highest BCUT2D eigenvalue weighted by Crippen LogP contribution is 2.21. The summed E-state index contributed by atoms with van der Waals surface area (Å²) in [6.07, 6.45) is 1.83. The topological polar surface area (TPSA) is 133 Å². The number of nitrogens with one attached hydrogen (secondary N) is 2. The van der Waals surface area contributed by atoms with Crippen molar-refractivity contribution in [2.24, 2.45) is 0 Å². The predicted octanol–water partition coefficient (Wildman–Crippen LogP) is 1.10. The first-order chi connectivity index (χ1) is 12.8. The molecule has 0 saturated heterocycles. The van der Waals surface area contributed by atoms with Gasteiger partial charge >= 0.3 is 12.0 Å². The highest BCUT2D eigenvalue weighted by Gasteiger charge is 2.24. The molecular formula is C17H22N4O6. The number of carbonyl (C=O) groups is 3. The van der Waals surface area contributed by atoms with Crippen LogP contribution in [-0.4, -0.2) is 40.1 Å². The minimum atomic E-state index is -0.706. The van der Waals surface area contributed by atoms with E-state index in [0.29, 0.717) is 6.42 Å². The third-order valence-electron chi connectivity index (χ3n) is 3.89. The van der Waals surface area contributed by atoms with Crippen LogP contribution in [-0.2, 0) is 16.1 Å². The Hall–Kier alpha value is -3.17. The van der Waals surface area contributed by atoms with Gasteiger partial charge < -0.3 is 14.5 Å². The number of imide groups is 1. The molecule has 0 spiro atoms. The molecule has 0 aliphatic rings. The number of hydrogen-bond acceptors (Lipinski definition) is 7. The number of nitrogens with zero attached hydrogens (tertiary/aromatic N) is 2. The van der Waals surface area contributed by atoms with Crippen LogP contribution < -0.4 is 16.2 Å². The Labute approximate surface area is 154 Å². The Morgan fingerprint density at radius 2 is 2.04 bits per heavy atom. The van der Waals surface area contributed by atoms with Gasteiger partial charge in [-0.1, -0.05) is 6.92 Å². The smallest absolute Gasteiger partial charge is 0.342 e. The highest BCUT2D eigenvalue weighted by molar-refractivity contribution is 6.03. The Kier molecular flexibility index (Phi) is 6.32. The van der Waals surface area contributed by atoms with Gasteiger partial charge in [0.1, 0.15) is 29.6 Å². The van der Waals surface area contributed by atoms with E-state index in [2.05, 4.69) is 15.6 Å². The summed E-state index contributed by atoms with van der Waals surface area (Å²) in [5.74, 6) is -1.21. The molecule has 10 nitrogen and oxygen atoms in total. The van der Waals surface area contributed by atoms with Crippen molar-refractivity contribution < 1.29 is 23.5 Å². The van der Waals surface area contributed by atoms with Crippen LogP contribution in [0.5, 0.6) is 0 Å². The maximum Gasteiger partial charge on any atom is 0.342 e. The van der Waals surface area contributed by atoms with E-state index in [1.54, 1.807) is 13.8 Å². The van der Waals surface area contributed by atoms with E-state index in [1.807, 2.05) is 6.92 Å². The van der Waals surface area contributed by atoms with E-state index in [4.69, 9.17) is 9.15 Å². The Morgan fingerprint density at radius 3 is 2.67 bits per heavy atom. The molecule has 2 heterocycles. The van der Waals surface area contributed by atoms with Gasteiger partial charge in [0.05, 0.1) is 6.61 Å². The van der Waals surface area contributed by atoms with Gasteiger partial charge in [-0.3, -0.25) is 19.5 Å². The first-order valence-electron chi connectivity index (χ1n) is 8.54. The molecule has 0 radical (unpaired) electrons. The number of furan rings is 1. The van der Waals surface area contributed by atoms with Crippen LogP contribution in [0.15, 0.2) is 15.5 Å². The molecule has 146 valence electrons. The molecule has 0 bridgehead atoms. The molecule has 1 atom stereocenters. The summed E-state index contributed by atoms with van der Waals surface area (Å²) in [6, 6.07) is -0.748. The van der Waals surface area contributed by atoms with Crippen molar-refractivity contribution in [1.29, 1.82) is 0 Å². The molecule has 0 aliphatic carbocycles. The lowest BCUT2D eigenvalue weighted by atomic mass is 10.2. The monoisotopic (exact) mass is 378 g/mol. The second-order valence-electron chi connectivity index (χ2n) is 5.94. The van der Waals surface area contributed by atoms with Crippen molar-refractivity contribution in [2.45, 2.75) is 46.7 Å². The van der Waals surface area contributed by atoms with Gasteiger partial charge in [0.25, 0.3) is 5.56 Å². The van der Waals surface area contributed by atoms with Crippen LogP contribution >= 0.6 is 0 Å². The normalized spacial score (nSPS) is 11.9. The van der Waals surface area contributed by atoms with Gasteiger partial charge in [0.2, 0.25) is 11.6 Å². The van der Waals surface area contributed by atoms with E-state index in [1.165, 1.54) is 6.92 Å². The van der Waals surface area contributed by atoms with Crippen molar-refractivity contribution in [3.8, 4) is 0 Å². The van der Waals surface area contributed by atoms with Crippen LogP contribution in [0.3, 0.4) is 0 Å². The van der Waals surface area contributed by atoms with Gasteiger partial charge in [-0.2, -0.15) is 0 Å². The van der Waals surface area contributed by atoms with Crippen LogP contribution in [0.1, 0.15) is 43.3 Å². The van der Waals surface area contributed by atoms with Crippen molar-refractivity contribution >= 4 is 29.0 Å². The summed E-state index contributed by atoms with van der Waals surface area (Å²) in [6.45, 7) is 6.53. The number of amides is 3. The maximum atomic E-state index is 12.7. The number of aromatic nitrogens is 2. The third kappa shape index (κ3) is 4.52. The SMILES string of the molecule is CCOC(=O)c1c(C)oc2ncn(CC(=O)NC(=O)N[C@@H](C)CC)c(=O)c12. The molecule has 10 heteroatoms. The standard InChI is InChI=1S/C17H22N4O6/c1-5-9(3)19-17(25)20-11(22)7-21-8-18-14-13(15(21)23)12(10(4)27-14)16(24)26-6-2/h8-9H,5-7H2,1-4H3,(H2,19,20,22,25)/t9-/m0/s1. The molecule has 0 aliphatic heterocycles. The summed E-state index contributed by atoms with van der Waals surface area (Å²) in [5, 5.41) is 4.66. The lowest BCUT2D eigenvalue weighted by Crippen LogP contribution is -2.45. The molecular weight excluding hydrogens is 356 g/mol. The fourth-order valence-electron chi connectivity index (χ4n) is 2.38. The zero-order chi connectivity index (χ0) is 20.1. The van der Waals surface area contributed by atoms with E-state index in [9.17, 15) is 19.2 Å². The van der Waals surface area contributed by atoms with Crippen molar-refractivity contribution in [3.63, 3.8) is 0 Å². The summed E-state index contributed by atoms with van der Waals surface area (Å²) < 4.78 is 11.3. The first-order valence-corrected chi connectivity index (χ1v) is 8.54. The Bertz CT molecular complexity index is 929. The second-order valence-corrected chi connectivity index (χ2v) is 5.94. The van der Waals surface area contributed by atoms with Gasteiger partial charge in [-0.05, 0) is 27.2 Å². The van der Waals surface area contributed by atoms with Gasteiger partial charge in [0.15, 0.2) is 0 Å². The molecule has 0 unspecified atom stereocenters. The fraction of sp³-hybridized carbons (Fsp3) is 0.471. The fourth-order valence-corrected chi connectivity index (χ4v) is 2.38. The van der Waals surface area contributed by atoms with Gasteiger partial charge in [-0.15, -0.1) is 0 Å². The lowest BCUT2D eigenvalue weighted by Gasteiger charge is -2.12. The average molecular weight is 378 g/mol. The number of esters is 1. The highest BCUT2D eigenvalue weighted by atomic mass is 16.5. The van der Waals surface area contributed by atoms with Crippen molar-refractivity contribution in [3.05, 3.63) is 28.0 Å². The average Bonchev–Trinajstić information content (AvgIpc) is 2.94. The minimum Gasteiger partial charge on any atom is -0.462 e. The molecule has 0 saturated carbocycles. The predicted molar refractivity (Wildman–Crippen MR) is 95.4 cm³/mol. The van der Waals surface area contributed by atoms with Crippen molar-refractivity contribution in [2.75, 3.05) is 6.61 Å². The summed E-state index contributed by atoms with van der Waals surface area (Å²) in [4.78, 5) is 52.5. The summed E-state index contributed by atoms with van der Waals surface area (Å²) >= 11 is 0. The molecule has 2 aromatic heterocycles. The number of urea groups is 1. The third-order valence-corrected chi connectivity index (χ3v) is 3.89. The second kappa shape index (κ2) is 8.47. The number of aryl methyl sites for hydroxylation is 1. The molecule has 27 heavy (non-hydrogen) atoms. The Balaban J connectivity index is 2.27. The first kappa shape index (κ1) is 20.1. The van der Waals surface area contributed by atoms with E-state index in [0.717, 1.165) is 10.9 Å². The van der Waals surface area contributed by atoms with Crippen LogP contribution in [0.4, 0.5) is 4.79 Å².